The van der Waals surface area contributed by atoms with Crippen LogP contribution < -0.4 is 10.4 Å². The molecule has 1 aromatic rings. The van der Waals surface area contributed by atoms with Crippen molar-refractivity contribution >= 4 is 13.2 Å². The molecule has 1 rings (SSSR count). The Morgan fingerprint density at radius 1 is 1.22 bits per heavy atom. The van der Waals surface area contributed by atoms with E-state index in [-0.39, 0.29) is 32.7 Å². The summed E-state index contributed by atoms with van der Waals surface area (Å²) in [6.07, 6.45) is 0. The average molecular weight is 192 g/mol. The van der Waals surface area contributed by atoms with E-state index in [1.165, 1.54) is 0 Å². The molecule has 0 aliphatic carbocycles. The Balaban J connectivity index is 0.000000640. The molecule has 0 aliphatic rings. The summed E-state index contributed by atoms with van der Waals surface area (Å²) in [6, 6.07) is 8.44. The summed E-state index contributed by atoms with van der Waals surface area (Å²) in [5.41, 5.74) is 0. The molecule has 0 aromatic heterocycles. The molecule has 0 nitrogen and oxygen atoms in total. The molecule has 1 aromatic carbocycles. The van der Waals surface area contributed by atoms with Crippen LogP contribution in [-0.2, 0) is 32.7 Å². The topological polar surface area (TPSA) is 0 Å². The predicted octanol–water partition coefficient (Wildman–Crippen LogP) is 0.305. The van der Waals surface area contributed by atoms with E-state index >= 15 is 0 Å². The zero-order valence-electron chi connectivity index (χ0n) is 5.22. The van der Waals surface area contributed by atoms with Crippen LogP contribution in [-0.4, -0.2) is 0 Å². The second kappa shape index (κ2) is 3.97. The number of hydrogen-bond donors (Lipinski definition) is 0. The normalized spacial score (nSPS) is 8.00. The van der Waals surface area contributed by atoms with Gasteiger partial charge < -0.3 is 0 Å². The molecule has 1 radical (unpaired) electrons. The number of rotatable bonds is 0. The van der Waals surface area contributed by atoms with Gasteiger partial charge in [0.15, 0.2) is 0 Å². The van der Waals surface area contributed by atoms with Gasteiger partial charge in [-0.1, -0.05) is 0 Å². The fourth-order valence-electron chi connectivity index (χ4n) is 0.497. The molecular formula is C8H7Y-. The molecule has 0 saturated heterocycles. The van der Waals surface area contributed by atoms with Crippen molar-refractivity contribution < 1.29 is 32.7 Å². The first kappa shape index (κ1) is 9.06. The van der Waals surface area contributed by atoms with E-state index in [9.17, 15) is 0 Å². The van der Waals surface area contributed by atoms with E-state index in [1.807, 2.05) is 18.2 Å². The third-order valence-electron chi connectivity index (χ3n) is 1.05. The summed E-state index contributed by atoms with van der Waals surface area (Å²) in [6.45, 7) is 7.46. The Morgan fingerprint density at radius 2 is 1.89 bits per heavy atom. The summed E-state index contributed by atoms with van der Waals surface area (Å²) >= 11 is 0. The first-order chi connectivity index (χ1) is 3.80. The molecule has 0 N–H and O–H groups in total. The van der Waals surface area contributed by atoms with E-state index in [2.05, 4.69) is 19.2 Å². The summed E-state index contributed by atoms with van der Waals surface area (Å²) in [5.74, 6) is 0. The van der Waals surface area contributed by atoms with E-state index in [0.29, 0.717) is 0 Å². The van der Waals surface area contributed by atoms with Gasteiger partial charge in [-0.25, -0.2) is 0 Å². The first-order valence-electron chi connectivity index (χ1n) is 2.45. The monoisotopic (exact) mass is 192 g/mol. The molecule has 0 saturated carbocycles. The van der Waals surface area contributed by atoms with Crippen LogP contribution in [0.5, 0.6) is 0 Å². The van der Waals surface area contributed by atoms with Gasteiger partial charge in [0.2, 0.25) is 0 Å². The van der Waals surface area contributed by atoms with Crippen LogP contribution in [0.3, 0.4) is 0 Å². The second-order valence-corrected chi connectivity index (χ2v) is 1.69. The largest absolute Gasteiger partial charge is 0.183 e. The van der Waals surface area contributed by atoms with E-state index < -0.39 is 0 Å². The number of benzene rings is 1. The fourth-order valence-corrected chi connectivity index (χ4v) is 0.497. The van der Waals surface area contributed by atoms with Gasteiger partial charge in [-0.2, -0.15) is 24.3 Å². The van der Waals surface area contributed by atoms with Crippen LogP contribution in [0.25, 0.3) is 13.2 Å². The van der Waals surface area contributed by atoms with Crippen molar-refractivity contribution in [1.82, 2.24) is 0 Å². The average Bonchev–Trinajstić information content (AvgIpc) is 1.77. The Kier molecular flexibility index (Phi) is 4.00. The summed E-state index contributed by atoms with van der Waals surface area (Å²) in [7, 11) is 0. The molecule has 0 fully saturated rings. The molecule has 0 unspecified atom stereocenters. The van der Waals surface area contributed by atoms with Gasteiger partial charge in [0.1, 0.15) is 0 Å². The molecule has 0 spiro atoms. The van der Waals surface area contributed by atoms with Gasteiger partial charge in [0.25, 0.3) is 0 Å². The fraction of sp³-hybridized carbons (Fsp3) is 0. The maximum atomic E-state index is 3.74. The van der Waals surface area contributed by atoms with Crippen molar-refractivity contribution in [2.75, 3.05) is 0 Å². The summed E-state index contributed by atoms with van der Waals surface area (Å²) in [4.78, 5) is 0. The maximum absolute atomic E-state index is 3.74. The van der Waals surface area contributed by atoms with Gasteiger partial charge in [-0.15, -0.1) is 23.6 Å². The minimum absolute atomic E-state index is 0. The SMILES string of the molecule is C=c1c[c-]ccc1=C.[Y]. The van der Waals surface area contributed by atoms with Crippen molar-refractivity contribution in [3.63, 3.8) is 0 Å². The van der Waals surface area contributed by atoms with Crippen LogP contribution in [0.1, 0.15) is 0 Å². The molecule has 0 heterocycles. The van der Waals surface area contributed by atoms with Crippen LogP contribution in [0.2, 0.25) is 0 Å². The van der Waals surface area contributed by atoms with Gasteiger partial charge in [0, 0.05) is 32.7 Å². The van der Waals surface area contributed by atoms with Gasteiger partial charge in [-0.05, 0) is 0 Å². The minimum atomic E-state index is 0. The zero-order valence-corrected chi connectivity index (χ0v) is 8.06. The maximum Gasteiger partial charge on any atom is 0 e. The van der Waals surface area contributed by atoms with Gasteiger partial charge in [-0.3, -0.25) is 0 Å². The van der Waals surface area contributed by atoms with Crippen molar-refractivity contribution in [2.45, 2.75) is 0 Å². The van der Waals surface area contributed by atoms with Crippen molar-refractivity contribution in [1.29, 1.82) is 0 Å². The van der Waals surface area contributed by atoms with Crippen molar-refractivity contribution in [3.05, 3.63) is 34.7 Å². The second-order valence-electron chi connectivity index (χ2n) is 1.69. The summed E-state index contributed by atoms with van der Waals surface area (Å²) in [5, 5.41) is 1.93. The molecular weight excluding hydrogens is 185 g/mol. The molecule has 0 bridgehead atoms. The van der Waals surface area contributed by atoms with Crippen molar-refractivity contribution in [2.24, 2.45) is 0 Å². The van der Waals surface area contributed by atoms with E-state index in [4.69, 9.17) is 0 Å². The Labute approximate surface area is 80.2 Å². The Bertz CT molecular complexity index is 235. The standard InChI is InChI=1S/C8H7.Y/c1-7-5-3-4-6-8(7)2;/h3,5-6H,1-2H2;/q-1;. The molecule has 9 heavy (non-hydrogen) atoms. The quantitative estimate of drug-likeness (QED) is 0.519. The van der Waals surface area contributed by atoms with E-state index in [0.717, 1.165) is 10.4 Å². The smallest absolute Gasteiger partial charge is 0 e. The minimum Gasteiger partial charge on any atom is -0.183 e. The Morgan fingerprint density at radius 3 is 2.22 bits per heavy atom. The molecule has 1 heteroatoms. The molecule has 0 aliphatic heterocycles. The zero-order chi connectivity index (χ0) is 5.98. The third kappa shape index (κ3) is 2.42. The molecule has 43 valence electrons. The van der Waals surface area contributed by atoms with Crippen LogP contribution in [0, 0.1) is 6.07 Å². The van der Waals surface area contributed by atoms with Gasteiger partial charge >= 0.3 is 0 Å². The third-order valence-corrected chi connectivity index (χ3v) is 1.05. The number of hydrogen-bond acceptors (Lipinski definition) is 0. The van der Waals surface area contributed by atoms with E-state index in [1.54, 1.807) is 0 Å². The Hall–Kier alpha value is 0.0639. The van der Waals surface area contributed by atoms with Gasteiger partial charge in [0.05, 0.1) is 0 Å². The summed E-state index contributed by atoms with van der Waals surface area (Å²) < 4.78 is 0. The van der Waals surface area contributed by atoms with Crippen LogP contribution in [0.4, 0.5) is 0 Å². The van der Waals surface area contributed by atoms with Crippen LogP contribution in [0.15, 0.2) is 18.2 Å². The predicted molar refractivity (Wildman–Crippen MR) is 35.6 cm³/mol. The molecule has 0 atom stereocenters. The molecule has 0 amide bonds. The van der Waals surface area contributed by atoms with Crippen LogP contribution >= 0.6 is 0 Å². The van der Waals surface area contributed by atoms with Crippen molar-refractivity contribution in [3.8, 4) is 0 Å². The first-order valence-corrected chi connectivity index (χ1v) is 2.45.